The van der Waals surface area contributed by atoms with E-state index in [1.165, 1.54) is 44.6 Å². The van der Waals surface area contributed by atoms with Gasteiger partial charge in [-0.1, -0.05) is 34.8 Å². The summed E-state index contributed by atoms with van der Waals surface area (Å²) in [5.74, 6) is 0.502. The first-order chi connectivity index (χ1) is 9.69. The first-order valence-electron chi connectivity index (χ1n) is 7.51. The third-order valence-electron chi connectivity index (χ3n) is 4.26. The minimum Gasteiger partial charge on any atom is -0.206 e. The molecule has 1 aromatic rings. The van der Waals surface area contributed by atoms with Crippen LogP contribution in [0.3, 0.4) is 0 Å². The zero-order chi connectivity index (χ0) is 14.4. The molecule has 0 atom stereocenters. The molecular formula is C17H21BrFN. The largest absolute Gasteiger partial charge is 0.206 e. The van der Waals surface area contributed by atoms with Gasteiger partial charge in [-0.15, -0.1) is 0 Å². The summed E-state index contributed by atoms with van der Waals surface area (Å²) in [5.41, 5.74) is 1.14. The van der Waals surface area contributed by atoms with Crippen LogP contribution in [0.2, 0.25) is 0 Å². The van der Waals surface area contributed by atoms with E-state index in [0.717, 1.165) is 29.2 Å². The highest BCUT2D eigenvalue weighted by Crippen LogP contribution is 2.31. The van der Waals surface area contributed by atoms with E-state index in [2.05, 4.69) is 15.9 Å². The molecule has 0 N–H and O–H groups in total. The zero-order valence-electron chi connectivity index (χ0n) is 11.7. The molecule has 0 unspecified atom stereocenters. The van der Waals surface area contributed by atoms with Crippen LogP contribution in [0.1, 0.15) is 56.1 Å². The average Bonchev–Trinajstić information content (AvgIpc) is 2.46. The molecule has 1 nitrogen and oxygen atoms in total. The summed E-state index contributed by atoms with van der Waals surface area (Å²) in [5, 5.41) is 8.69. The van der Waals surface area contributed by atoms with Crippen molar-refractivity contribution in [2.75, 3.05) is 0 Å². The van der Waals surface area contributed by atoms with Gasteiger partial charge >= 0.3 is 0 Å². The van der Waals surface area contributed by atoms with Crippen molar-refractivity contribution in [1.82, 2.24) is 0 Å². The highest BCUT2D eigenvalue weighted by atomic mass is 79.9. The van der Waals surface area contributed by atoms with Crippen LogP contribution >= 0.6 is 15.9 Å². The Kier molecular flexibility index (Phi) is 6.04. The Hall–Kier alpha value is -0.880. The Bertz CT molecular complexity index is 472. The van der Waals surface area contributed by atoms with Gasteiger partial charge in [-0.25, -0.2) is 4.39 Å². The summed E-state index contributed by atoms with van der Waals surface area (Å²) in [4.78, 5) is 0.736. The molecule has 1 aliphatic carbocycles. The van der Waals surface area contributed by atoms with Gasteiger partial charge in [0.15, 0.2) is 0 Å². The maximum atomic E-state index is 13.5. The second kappa shape index (κ2) is 7.78. The molecule has 0 radical (unpaired) electrons. The highest BCUT2D eigenvalue weighted by Gasteiger charge is 2.18. The van der Waals surface area contributed by atoms with Crippen LogP contribution in [0, 0.1) is 23.1 Å². The van der Waals surface area contributed by atoms with Crippen molar-refractivity contribution in [3.8, 4) is 6.07 Å². The Labute approximate surface area is 129 Å². The second-order valence-corrected chi connectivity index (χ2v) is 7.08. The standard InChI is InChI=1S/C17H21BrFN/c18-16-9-6-13(7-10-16)3-1-2-4-14-5-8-15(12-20)17(19)11-14/h5,8,11,13,16H,1-4,6-7,9-10H2. The molecular weight excluding hydrogens is 317 g/mol. The molecule has 0 saturated heterocycles. The number of halogens is 2. The maximum Gasteiger partial charge on any atom is 0.141 e. The lowest BCUT2D eigenvalue weighted by atomic mass is 9.85. The van der Waals surface area contributed by atoms with E-state index < -0.39 is 0 Å². The number of unbranched alkanes of at least 4 members (excludes halogenated alkanes) is 1. The summed E-state index contributed by atoms with van der Waals surface area (Å²) in [6, 6.07) is 6.82. The van der Waals surface area contributed by atoms with Crippen LogP contribution in [-0.2, 0) is 6.42 Å². The quantitative estimate of drug-likeness (QED) is 0.523. The predicted molar refractivity (Wildman–Crippen MR) is 83.3 cm³/mol. The second-order valence-electron chi connectivity index (χ2n) is 5.79. The van der Waals surface area contributed by atoms with Gasteiger partial charge < -0.3 is 0 Å². The van der Waals surface area contributed by atoms with Gasteiger partial charge in [0.2, 0.25) is 0 Å². The van der Waals surface area contributed by atoms with E-state index in [0.29, 0.717) is 0 Å². The van der Waals surface area contributed by atoms with E-state index in [1.54, 1.807) is 6.07 Å². The van der Waals surface area contributed by atoms with E-state index in [1.807, 2.05) is 12.1 Å². The zero-order valence-corrected chi connectivity index (χ0v) is 13.3. The Balaban J connectivity index is 1.68. The average molecular weight is 338 g/mol. The summed E-state index contributed by atoms with van der Waals surface area (Å²) >= 11 is 3.69. The monoisotopic (exact) mass is 337 g/mol. The number of alkyl halides is 1. The van der Waals surface area contributed by atoms with Crippen LogP contribution in [0.15, 0.2) is 18.2 Å². The third-order valence-corrected chi connectivity index (χ3v) is 5.17. The van der Waals surface area contributed by atoms with Gasteiger partial charge in [0.1, 0.15) is 11.9 Å². The van der Waals surface area contributed by atoms with E-state index in [4.69, 9.17) is 5.26 Å². The van der Waals surface area contributed by atoms with Crippen molar-refractivity contribution >= 4 is 15.9 Å². The first-order valence-corrected chi connectivity index (χ1v) is 8.43. The molecule has 0 spiro atoms. The Morgan fingerprint density at radius 3 is 2.60 bits per heavy atom. The number of benzene rings is 1. The summed E-state index contributed by atoms with van der Waals surface area (Å²) in [6.07, 6.45) is 9.87. The molecule has 1 saturated carbocycles. The molecule has 1 aromatic carbocycles. The van der Waals surface area contributed by atoms with Crippen LogP contribution in [0.5, 0.6) is 0 Å². The van der Waals surface area contributed by atoms with Gasteiger partial charge in [-0.2, -0.15) is 5.26 Å². The Morgan fingerprint density at radius 1 is 1.20 bits per heavy atom. The van der Waals surface area contributed by atoms with Crippen molar-refractivity contribution in [2.24, 2.45) is 5.92 Å². The fourth-order valence-electron chi connectivity index (χ4n) is 2.98. The van der Waals surface area contributed by atoms with Crippen LogP contribution in [-0.4, -0.2) is 4.83 Å². The van der Waals surface area contributed by atoms with Crippen LogP contribution in [0.25, 0.3) is 0 Å². The maximum absolute atomic E-state index is 13.5. The molecule has 0 aliphatic heterocycles. The molecule has 0 heterocycles. The SMILES string of the molecule is N#Cc1ccc(CCCCC2CCC(Br)CC2)cc1F. The molecule has 0 aromatic heterocycles. The fraction of sp³-hybridized carbons (Fsp3) is 0.588. The predicted octanol–water partition coefficient (Wildman–Crippen LogP) is 5.36. The van der Waals surface area contributed by atoms with Crippen molar-refractivity contribution in [3.63, 3.8) is 0 Å². The molecule has 0 amide bonds. The first kappa shape index (κ1) is 15.5. The summed E-state index contributed by atoms with van der Waals surface area (Å²) in [6.45, 7) is 0. The van der Waals surface area contributed by atoms with Gasteiger partial charge in [-0.05, 0) is 62.1 Å². The van der Waals surface area contributed by atoms with Crippen molar-refractivity contribution in [1.29, 1.82) is 5.26 Å². The molecule has 20 heavy (non-hydrogen) atoms. The van der Waals surface area contributed by atoms with Gasteiger partial charge in [0.25, 0.3) is 0 Å². The van der Waals surface area contributed by atoms with E-state index in [-0.39, 0.29) is 11.4 Å². The van der Waals surface area contributed by atoms with Gasteiger partial charge in [0.05, 0.1) is 5.56 Å². The lowest BCUT2D eigenvalue weighted by molar-refractivity contribution is 0.338. The summed E-state index contributed by atoms with van der Waals surface area (Å²) < 4.78 is 13.5. The minimum absolute atomic E-state index is 0.139. The topological polar surface area (TPSA) is 23.8 Å². The molecule has 3 heteroatoms. The molecule has 1 fully saturated rings. The highest BCUT2D eigenvalue weighted by molar-refractivity contribution is 9.09. The number of rotatable bonds is 5. The normalized spacial score (nSPS) is 22.4. The van der Waals surface area contributed by atoms with Crippen molar-refractivity contribution in [3.05, 3.63) is 35.1 Å². The van der Waals surface area contributed by atoms with Crippen LogP contribution < -0.4 is 0 Å². The van der Waals surface area contributed by atoms with Crippen LogP contribution in [0.4, 0.5) is 4.39 Å². The molecule has 0 bridgehead atoms. The van der Waals surface area contributed by atoms with Gasteiger partial charge in [0, 0.05) is 4.83 Å². The fourth-order valence-corrected chi connectivity index (χ4v) is 3.51. The smallest absolute Gasteiger partial charge is 0.141 e. The number of nitrogens with zero attached hydrogens (tertiary/aromatic N) is 1. The number of hydrogen-bond acceptors (Lipinski definition) is 1. The lowest BCUT2D eigenvalue weighted by Crippen LogP contribution is -2.13. The lowest BCUT2D eigenvalue weighted by Gasteiger charge is -2.25. The Morgan fingerprint density at radius 2 is 1.95 bits per heavy atom. The van der Waals surface area contributed by atoms with Crippen molar-refractivity contribution < 1.29 is 4.39 Å². The van der Waals surface area contributed by atoms with Crippen molar-refractivity contribution in [2.45, 2.75) is 56.2 Å². The number of nitriles is 1. The third kappa shape index (κ3) is 4.59. The molecule has 108 valence electrons. The van der Waals surface area contributed by atoms with E-state index in [9.17, 15) is 4.39 Å². The number of hydrogen-bond donors (Lipinski definition) is 0. The number of aryl methyl sites for hydroxylation is 1. The molecule has 1 aliphatic rings. The molecule has 2 rings (SSSR count). The minimum atomic E-state index is -0.388. The summed E-state index contributed by atoms with van der Waals surface area (Å²) in [7, 11) is 0. The van der Waals surface area contributed by atoms with E-state index >= 15 is 0 Å². The van der Waals surface area contributed by atoms with Gasteiger partial charge in [-0.3, -0.25) is 0 Å².